The number of halogens is 3. The number of fused-ring (bicyclic) bond motifs is 1. The van der Waals surface area contributed by atoms with Crippen molar-refractivity contribution in [3.63, 3.8) is 0 Å². The number of hydrogen-bond donors (Lipinski definition) is 2. The molecule has 2 N–H and O–H groups in total. The Morgan fingerprint density at radius 1 is 1.35 bits per heavy atom. The summed E-state index contributed by atoms with van der Waals surface area (Å²) in [7, 11) is 0. The zero-order chi connectivity index (χ0) is 18.9. The number of aliphatic hydroxyl groups excluding tert-OH is 1. The highest BCUT2D eigenvalue weighted by Crippen LogP contribution is 2.30. The second kappa shape index (κ2) is 7.00. The first-order valence-corrected chi connectivity index (χ1v) is 7.96. The number of rotatable bonds is 4. The normalized spacial score (nSPS) is 21.7. The number of ether oxygens (including phenoxy) is 1. The number of nitrogens with zero attached hydrogens (tertiary/aromatic N) is 2. The highest BCUT2D eigenvalue weighted by molar-refractivity contribution is 5.94. The summed E-state index contributed by atoms with van der Waals surface area (Å²) in [5.74, 6) is -0.951. The van der Waals surface area contributed by atoms with Gasteiger partial charge in [-0.25, -0.2) is 5.43 Å². The maximum absolute atomic E-state index is 13.0. The Balaban J connectivity index is 1.88. The van der Waals surface area contributed by atoms with Crippen molar-refractivity contribution in [3.05, 3.63) is 59.6 Å². The molecular formula is C17H18F3N3O3. The van der Waals surface area contributed by atoms with Crippen LogP contribution in [0.1, 0.15) is 12.5 Å². The van der Waals surface area contributed by atoms with E-state index in [0.29, 0.717) is 4.90 Å². The molecule has 1 fully saturated rings. The zero-order valence-electron chi connectivity index (χ0n) is 13.9. The van der Waals surface area contributed by atoms with Crippen LogP contribution in [0.2, 0.25) is 0 Å². The standard InChI is InChI=1S/C17H18F3N3O3/c1-11(17(18,19)20)22-10-21-23-8-7-13(24)15(14(23)16(22)25)26-9-12-5-3-2-4-6-12/h2-8,11,13,21,24H,9-10H2,1H3/t11-,13?/m1/s1. The third-order valence-electron chi connectivity index (χ3n) is 4.21. The molecule has 2 aliphatic heterocycles. The number of amides is 1. The van der Waals surface area contributed by atoms with Gasteiger partial charge >= 0.3 is 6.18 Å². The molecule has 1 aromatic carbocycles. The van der Waals surface area contributed by atoms with Gasteiger partial charge in [0.25, 0.3) is 5.91 Å². The number of carbonyl (C=O) groups excluding carboxylic acids is 1. The number of carbonyl (C=O) groups is 1. The van der Waals surface area contributed by atoms with Crippen molar-refractivity contribution >= 4 is 5.91 Å². The van der Waals surface area contributed by atoms with Crippen LogP contribution in [0.5, 0.6) is 0 Å². The van der Waals surface area contributed by atoms with Gasteiger partial charge in [-0.2, -0.15) is 13.2 Å². The Labute approximate surface area is 148 Å². The van der Waals surface area contributed by atoms with E-state index >= 15 is 0 Å². The van der Waals surface area contributed by atoms with Crippen molar-refractivity contribution in [2.24, 2.45) is 0 Å². The fraction of sp³-hybridized carbons (Fsp3) is 0.353. The van der Waals surface area contributed by atoms with Gasteiger partial charge in [0.2, 0.25) is 0 Å². The molecule has 3 rings (SSSR count). The topological polar surface area (TPSA) is 65.0 Å². The van der Waals surface area contributed by atoms with Gasteiger partial charge in [-0.1, -0.05) is 30.3 Å². The number of alkyl halides is 3. The van der Waals surface area contributed by atoms with Crippen LogP contribution < -0.4 is 5.43 Å². The third kappa shape index (κ3) is 3.54. The number of nitrogens with one attached hydrogen (secondary N) is 1. The summed E-state index contributed by atoms with van der Waals surface area (Å²) in [5, 5.41) is 11.4. The predicted molar refractivity (Wildman–Crippen MR) is 85.6 cm³/mol. The van der Waals surface area contributed by atoms with E-state index in [2.05, 4.69) is 5.43 Å². The average Bonchev–Trinajstić information content (AvgIpc) is 2.61. The van der Waals surface area contributed by atoms with Crippen molar-refractivity contribution in [2.75, 3.05) is 6.67 Å². The van der Waals surface area contributed by atoms with Crippen LogP contribution >= 0.6 is 0 Å². The summed E-state index contributed by atoms with van der Waals surface area (Å²) in [4.78, 5) is 13.3. The smallest absolute Gasteiger partial charge is 0.408 e. The van der Waals surface area contributed by atoms with Gasteiger partial charge in [-0.15, -0.1) is 0 Å². The van der Waals surface area contributed by atoms with Gasteiger partial charge in [0, 0.05) is 6.20 Å². The van der Waals surface area contributed by atoms with Crippen LogP contribution in [-0.2, 0) is 16.1 Å². The van der Waals surface area contributed by atoms with Gasteiger partial charge in [-0.3, -0.25) is 9.80 Å². The molecule has 9 heteroatoms. The van der Waals surface area contributed by atoms with E-state index in [4.69, 9.17) is 4.74 Å². The Hall–Kier alpha value is -2.52. The van der Waals surface area contributed by atoms with Gasteiger partial charge in [0.1, 0.15) is 18.8 Å². The summed E-state index contributed by atoms with van der Waals surface area (Å²) in [6.07, 6.45) is -3.01. The number of hydrogen-bond acceptors (Lipinski definition) is 5. The van der Waals surface area contributed by atoms with Crippen LogP contribution in [0.3, 0.4) is 0 Å². The Morgan fingerprint density at radius 2 is 2.04 bits per heavy atom. The van der Waals surface area contributed by atoms with E-state index in [1.54, 1.807) is 24.3 Å². The summed E-state index contributed by atoms with van der Waals surface area (Å²) < 4.78 is 44.7. The molecule has 1 saturated heterocycles. The van der Waals surface area contributed by atoms with Crippen molar-refractivity contribution in [1.29, 1.82) is 0 Å². The van der Waals surface area contributed by atoms with Crippen LogP contribution in [0.4, 0.5) is 13.2 Å². The average molecular weight is 369 g/mol. The lowest BCUT2D eigenvalue weighted by atomic mass is 10.1. The predicted octanol–water partition coefficient (Wildman–Crippen LogP) is 1.86. The van der Waals surface area contributed by atoms with Crippen LogP contribution in [-0.4, -0.2) is 45.9 Å². The lowest BCUT2D eigenvalue weighted by Crippen LogP contribution is -2.60. The number of hydrazine groups is 1. The molecule has 0 aromatic heterocycles. The van der Waals surface area contributed by atoms with Gasteiger partial charge in [0.05, 0.1) is 6.67 Å². The maximum Gasteiger partial charge on any atom is 0.408 e. The molecular weight excluding hydrogens is 351 g/mol. The summed E-state index contributed by atoms with van der Waals surface area (Å²) >= 11 is 0. The second-order valence-electron chi connectivity index (χ2n) is 5.95. The van der Waals surface area contributed by atoms with Crippen LogP contribution in [0, 0.1) is 0 Å². The second-order valence-corrected chi connectivity index (χ2v) is 5.95. The minimum atomic E-state index is -4.56. The van der Waals surface area contributed by atoms with Crippen molar-refractivity contribution < 1.29 is 27.8 Å². The van der Waals surface area contributed by atoms with E-state index in [1.807, 2.05) is 6.07 Å². The molecule has 6 nitrogen and oxygen atoms in total. The highest BCUT2D eigenvalue weighted by atomic mass is 19.4. The van der Waals surface area contributed by atoms with Gasteiger partial charge < -0.3 is 14.7 Å². The SMILES string of the molecule is C[C@@H](N1CNN2C=CC(O)C(OCc3ccccc3)=C2C1=O)C(F)(F)F. The summed E-state index contributed by atoms with van der Waals surface area (Å²) in [5.41, 5.74) is 3.35. The molecule has 2 aliphatic rings. The third-order valence-corrected chi connectivity index (χ3v) is 4.21. The number of benzene rings is 1. The molecule has 140 valence electrons. The monoisotopic (exact) mass is 369 g/mol. The molecule has 2 atom stereocenters. The Morgan fingerprint density at radius 3 is 2.69 bits per heavy atom. The van der Waals surface area contributed by atoms with Crippen molar-refractivity contribution in [1.82, 2.24) is 15.3 Å². The number of aliphatic hydroxyl groups is 1. The first kappa shape index (κ1) is 18.3. The highest BCUT2D eigenvalue weighted by Gasteiger charge is 2.46. The van der Waals surface area contributed by atoms with Crippen molar-refractivity contribution in [3.8, 4) is 0 Å². The van der Waals surface area contributed by atoms with Gasteiger partial charge in [0.15, 0.2) is 11.5 Å². The minimum absolute atomic E-state index is 0.0700. The lowest BCUT2D eigenvalue weighted by Gasteiger charge is -2.41. The van der Waals surface area contributed by atoms with E-state index in [9.17, 15) is 23.1 Å². The zero-order valence-corrected chi connectivity index (χ0v) is 13.9. The first-order valence-electron chi connectivity index (χ1n) is 7.96. The molecule has 0 saturated carbocycles. The molecule has 1 amide bonds. The van der Waals surface area contributed by atoms with E-state index in [-0.39, 0.29) is 24.7 Å². The molecule has 2 heterocycles. The molecule has 0 spiro atoms. The summed E-state index contributed by atoms with van der Waals surface area (Å²) in [6, 6.07) is 7.06. The lowest BCUT2D eigenvalue weighted by molar-refractivity contribution is -0.189. The first-order chi connectivity index (χ1) is 12.3. The quantitative estimate of drug-likeness (QED) is 0.848. The van der Waals surface area contributed by atoms with Crippen LogP contribution in [0.25, 0.3) is 0 Å². The van der Waals surface area contributed by atoms with Crippen molar-refractivity contribution in [2.45, 2.75) is 31.9 Å². The Kier molecular flexibility index (Phi) is 4.92. The Bertz CT molecular complexity index is 734. The maximum atomic E-state index is 13.0. The van der Waals surface area contributed by atoms with Gasteiger partial charge in [-0.05, 0) is 18.6 Å². The van der Waals surface area contributed by atoms with E-state index in [0.717, 1.165) is 12.5 Å². The van der Waals surface area contributed by atoms with E-state index < -0.39 is 24.2 Å². The van der Waals surface area contributed by atoms with E-state index in [1.165, 1.54) is 17.3 Å². The molecule has 26 heavy (non-hydrogen) atoms. The molecule has 1 unspecified atom stereocenters. The fourth-order valence-corrected chi connectivity index (χ4v) is 2.67. The molecule has 0 radical (unpaired) electrons. The van der Waals surface area contributed by atoms with Crippen LogP contribution in [0.15, 0.2) is 54.1 Å². The largest absolute Gasteiger partial charge is 0.488 e. The fourth-order valence-electron chi connectivity index (χ4n) is 2.67. The summed E-state index contributed by atoms with van der Waals surface area (Å²) in [6.45, 7) is 0.672. The molecule has 1 aromatic rings. The molecule has 0 aliphatic carbocycles. The minimum Gasteiger partial charge on any atom is -0.488 e. The molecule has 0 bridgehead atoms.